The molecule has 0 atom stereocenters. The molecule has 12 nitrogen and oxygen atoms in total. The Morgan fingerprint density at radius 1 is 0.889 bits per heavy atom. The summed E-state index contributed by atoms with van der Waals surface area (Å²) in [5, 5.41) is 12.1. The molecule has 4 N–H and O–H groups in total. The van der Waals surface area contributed by atoms with E-state index in [-0.39, 0.29) is 57.0 Å². The lowest BCUT2D eigenvalue weighted by Crippen LogP contribution is -2.47. The number of nitrogens with zero attached hydrogens (tertiary/aromatic N) is 2. The molecule has 0 rings (SSSR count). The van der Waals surface area contributed by atoms with Gasteiger partial charge in [0, 0.05) is 44.4 Å². The van der Waals surface area contributed by atoms with Gasteiger partial charge in [-0.25, -0.2) is 0 Å². The Kier molecular flexibility index (Phi) is 17.6. The number of nitrogens with one attached hydrogen (secondary N) is 4. The van der Waals surface area contributed by atoms with E-state index in [1.165, 1.54) is 0 Å². The van der Waals surface area contributed by atoms with Crippen molar-refractivity contribution in [3.8, 4) is 0 Å². The van der Waals surface area contributed by atoms with Crippen LogP contribution in [0.3, 0.4) is 0 Å². The fourth-order valence-electron chi connectivity index (χ4n) is 3.00. The Hall–Kier alpha value is -2.40. The molecule has 0 aromatic carbocycles. The van der Waals surface area contributed by atoms with Gasteiger partial charge in [-0.2, -0.15) is 0 Å². The molecule has 208 valence electrons. The van der Waals surface area contributed by atoms with Gasteiger partial charge < -0.3 is 30.2 Å². The summed E-state index contributed by atoms with van der Waals surface area (Å²) in [6, 6.07) is -0.437. The van der Waals surface area contributed by atoms with Crippen LogP contribution in [0.1, 0.15) is 67.2 Å². The Morgan fingerprint density at radius 2 is 1.42 bits per heavy atom. The molecule has 0 saturated heterocycles. The SMILES string of the molecule is CCNC(=O)CCOCC(COCCC(=O)NCC)NC(=O)C(C)(C)CCOC(C)(C)CCN=[N+]=N. The van der Waals surface area contributed by atoms with Crippen LogP contribution in [0.4, 0.5) is 0 Å². The van der Waals surface area contributed by atoms with E-state index < -0.39 is 17.1 Å². The van der Waals surface area contributed by atoms with Gasteiger partial charge in [0.25, 0.3) is 0 Å². The smallest absolute Gasteiger partial charge is 0.226 e. The molecule has 0 aliphatic heterocycles. The van der Waals surface area contributed by atoms with Crippen molar-refractivity contribution in [3.05, 3.63) is 0 Å². The molecule has 3 amide bonds. The van der Waals surface area contributed by atoms with Crippen molar-refractivity contribution in [2.75, 3.05) is 52.7 Å². The predicted molar refractivity (Wildman–Crippen MR) is 135 cm³/mol. The van der Waals surface area contributed by atoms with Crippen molar-refractivity contribution in [1.82, 2.24) is 20.9 Å². The van der Waals surface area contributed by atoms with E-state index in [2.05, 4.69) is 26.0 Å². The lowest BCUT2D eigenvalue weighted by atomic mass is 9.88. The van der Waals surface area contributed by atoms with E-state index in [9.17, 15) is 14.4 Å². The van der Waals surface area contributed by atoms with Gasteiger partial charge in [-0.15, -0.1) is 0 Å². The van der Waals surface area contributed by atoms with Crippen molar-refractivity contribution in [2.45, 2.75) is 78.9 Å². The minimum atomic E-state index is -0.711. The lowest BCUT2D eigenvalue weighted by Gasteiger charge is -2.30. The number of carbonyl (C=O) groups is 3. The Bertz CT molecular complexity index is 683. The van der Waals surface area contributed by atoms with Crippen LogP contribution in [-0.4, -0.2) is 82.0 Å². The molecule has 0 radical (unpaired) electrons. The van der Waals surface area contributed by atoms with Crippen LogP contribution in [0.25, 0.3) is 0 Å². The first kappa shape index (κ1) is 33.6. The van der Waals surface area contributed by atoms with Gasteiger partial charge in [0.05, 0.1) is 38.1 Å². The number of rotatable bonds is 21. The molecule has 0 aromatic rings. The number of amides is 3. The third-order valence-electron chi connectivity index (χ3n) is 5.39. The zero-order valence-electron chi connectivity index (χ0n) is 22.9. The first-order valence-corrected chi connectivity index (χ1v) is 12.6. The van der Waals surface area contributed by atoms with Gasteiger partial charge in [-0.1, -0.05) is 13.8 Å². The van der Waals surface area contributed by atoms with Crippen LogP contribution < -0.4 is 20.9 Å². The number of hydrogen-bond acceptors (Lipinski definition) is 8. The number of ether oxygens (including phenoxy) is 3. The summed E-state index contributed by atoms with van der Waals surface area (Å²) in [5.41, 5.74) is 5.57. The van der Waals surface area contributed by atoms with Crippen LogP contribution in [-0.2, 0) is 28.6 Å². The van der Waals surface area contributed by atoms with Crippen LogP contribution in [0.2, 0.25) is 0 Å². The van der Waals surface area contributed by atoms with Gasteiger partial charge in [-0.05, 0) is 34.1 Å². The average Bonchev–Trinajstić information content (AvgIpc) is 2.79. The van der Waals surface area contributed by atoms with E-state index in [0.29, 0.717) is 39.1 Å². The topological polar surface area (TPSA) is 165 Å². The van der Waals surface area contributed by atoms with Crippen molar-refractivity contribution >= 4 is 17.7 Å². The summed E-state index contributed by atoms with van der Waals surface area (Å²) in [6.45, 7) is 14.0. The van der Waals surface area contributed by atoms with Crippen molar-refractivity contribution < 1.29 is 28.6 Å². The molecular formula is C24H47N6O6+. The maximum atomic E-state index is 13.0. The monoisotopic (exact) mass is 515 g/mol. The Morgan fingerprint density at radius 3 is 1.89 bits per heavy atom. The van der Waals surface area contributed by atoms with E-state index in [0.717, 1.165) is 0 Å². The van der Waals surface area contributed by atoms with Gasteiger partial charge >= 0.3 is 0 Å². The van der Waals surface area contributed by atoms with E-state index in [1.54, 1.807) is 0 Å². The van der Waals surface area contributed by atoms with Gasteiger partial charge in [-0.3, -0.25) is 14.4 Å². The lowest BCUT2D eigenvalue weighted by molar-refractivity contribution is -0.133. The summed E-state index contributed by atoms with van der Waals surface area (Å²) in [6.07, 6.45) is 1.57. The van der Waals surface area contributed by atoms with Crippen LogP contribution in [0.15, 0.2) is 5.11 Å². The molecule has 0 aliphatic carbocycles. The molecule has 0 aliphatic rings. The second-order valence-electron chi connectivity index (χ2n) is 9.68. The van der Waals surface area contributed by atoms with E-state index in [4.69, 9.17) is 19.7 Å². The molecule has 0 aromatic heterocycles. The third-order valence-corrected chi connectivity index (χ3v) is 5.39. The summed E-state index contributed by atoms with van der Waals surface area (Å²) >= 11 is 0. The molecule has 0 saturated carbocycles. The van der Waals surface area contributed by atoms with E-state index >= 15 is 0 Å². The second kappa shape index (κ2) is 18.8. The maximum Gasteiger partial charge on any atom is 0.226 e. The summed E-state index contributed by atoms with van der Waals surface area (Å²) in [4.78, 5) is 39.3. The van der Waals surface area contributed by atoms with E-state index in [1.807, 2.05) is 41.5 Å². The average molecular weight is 516 g/mol. The normalized spacial score (nSPS) is 11.6. The Balaban J connectivity index is 4.79. The molecule has 0 fully saturated rings. The zero-order chi connectivity index (χ0) is 27.5. The highest BCUT2D eigenvalue weighted by atomic mass is 16.5. The molecular weight excluding hydrogens is 468 g/mol. The van der Waals surface area contributed by atoms with Crippen molar-refractivity contribution in [2.24, 2.45) is 10.5 Å². The quantitative estimate of drug-likeness (QED) is 0.103. The standard InChI is InChI=1S/C24H46N6O6/c1-7-26-20(31)9-14-34-17-19(18-35-15-10-21(32)27-8-2)29-22(33)23(3,4)12-16-36-24(5,6)11-13-28-30-25/h19,25H,7-18H2,1-6H3,(H2-,26,27,29,31,32,33)/p+1. The highest BCUT2D eigenvalue weighted by molar-refractivity contribution is 5.82. The van der Waals surface area contributed by atoms with Crippen LogP contribution >= 0.6 is 0 Å². The first-order valence-electron chi connectivity index (χ1n) is 12.6. The molecule has 36 heavy (non-hydrogen) atoms. The number of hydrogen-bond donors (Lipinski definition) is 4. The van der Waals surface area contributed by atoms with Crippen LogP contribution in [0.5, 0.6) is 0 Å². The second-order valence-corrected chi connectivity index (χ2v) is 9.68. The number of carbonyl (C=O) groups excluding carboxylic acids is 3. The fraction of sp³-hybridized carbons (Fsp3) is 0.875. The summed E-state index contributed by atoms with van der Waals surface area (Å²) in [7, 11) is 0. The highest BCUT2D eigenvalue weighted by Gasteiger charge is 2.30. The van der Waals surface area contributed by atoms with Crippen LogP contribution in [0, 0.1) is 10.9 Å². The highest BCUT2D eigenvalue weighted by Crippen LogP contribution is 2.23. The molecule has 0 heterocycles. The first-order chi connectivity index (χ1) is 17.0. The van der Waals surface area contributed by atoms with Gasteiger partial charge in [0.15, 0.2) is 0 Å². The predicted octanol–water partition coefficient (Wildman–Crippen LogP) is 1.71. The summed E-state index contributed by atoms with van der Waals surface area (Å²) < 4.78 is 17.2. The van der Waals surface area contributed by atoms with Gasteiger partial charge in [0.1, 0.15) is 17.2 Å². The molecule has 12 heteroatoms. The van der Waals surface area contributed by atoms with Gasteiger partial charge in [0.2, 0.25) is 22.6 Å². The minimum Gasteiger partial charge on any atom is -0.379 e. The molecule has 0 spiro atoms. The minimum absolute atomic E-state index is 0.0944. The molecule has 0 unspecified atom stereocenters. The van der Waals surface area contributed by atoms with Crippen molar-refractivity contribution in [1.29, 1.82) is 5.53 Å². The maximum absolute atomic E-state index is 13.0. The fourth-order valence-corrected chi connectivity index (χ4v) is 3.00. The zero-order valence-corrected chi connectivity index (χ0v) is 22.9. The Labute approximate surface area is 215 Å². The molecule has 0 bridgehead atoms. The largest absolute Gasteiger partial charge is 0.379 e. The third kappa shape index (κ3) is 17.1. The summed E-state index contributed by atoms with van der Waals surface area (Å²) in [5.74, 6) is -0.359. The van der Waals surface area contributed by atoms with Crippen molar-refractivity contribution in [3.63, 3.8) is 0 Å².